The van der Waals surface area contributed by atoms with Crippen LogP contribution in [0.1, 0.15) is 50.1 Å². The van der Waals surface area contributed by atoms with Crippen LogP contribution in [0.15, 0.2) is 28.8 Å². The van der Waals surface area contributed by atoms with Gasteiger partial charge in [-0.15, -0.1) is 0 Å². The van der Waals surface area contributed by atoms with E-state index in [4.69, 9.17) is 14.0 Å². The van der Waals surface area contributed by atoms with E-state index in [0.29, 0.717) is 23.7 Å². The number of likely N-dealkylation sites (tertiary alicyclic amines) is 1. The molecular formula is C19H25N3O4. The Morgan fingerprint density at radius 1 is 1.31 bits per heavy atom. The number of amides is 2. The Morgan fingerprint density at radius 2 is 2.12 bits per heavy atom. The molecule has 1 aliphatic heterocycles. The second kappa shape index (κ2) is 7.68. The minimum Gasteiger partial charge on any atom is -0.497 e. The van der Waals surface area contributed by atoms with Gasteiger partial charge in [-0.1, -0.05) is 19.0 Å². The maximum atomic E-state index is 12.9. The lowest BCUT2D eigenvalue weighted by atomic mass is 10.1. The second-order valence-corrected chi connectivity index (χ2v) is 6.66. The highest BCUT2D eigenvalue weighted by Crippen LogP contribution is 2.34. The first-order valence-electron chi connectivity index (χ1n) is 8.79. The van der Waals surface area contributed by atoms with Crippen molar-refractivity contribution in [1.29, 1.82) is 0 Å². The number of urea groups is 1. The van der Waals surface area contributed by atoms with Crippen molar-refractivity contribution in [2.24, 2.45) is 0 Å². The van der Waals surface area contributed by atoms with Gasteiger partial charge in [0.25, 0.3) is 0 Å². The summed E-state index contributed by atoms with van der Waals surface area (Å²) in [5.74, 6) is 2.33. The number of hydrogen-bond acceptors (Lipinski definition) is 5. The van der Waals surface area contributed by atoms with Crippen LogP contribution in [0.3, 0.4) is 0 Å². The van der Waals surface area contributed by atoms with Gasteiger partial charge >= 0.3 is 6.03 Å². The standard InChI is InChI=1S/C19H25N3O4/c1-12(2)18-11-14(21-26-18)16-6-5-9-22(16)19(23)20-15-10-13(24-3)7-8-17(15)25-4/h7-8,10-12,16H,5-6,9H2,1-4H3,(H,20,23). The monoisotopic (exact) mass is 359 g/mol. The number of rotatable bonds is 5. The third kappa shape index (κ3) is 3.61. The minimum atomic E-state index is -0.187. The number of nitrogens with one attached hydrogen (secondary N) is 1. The summed E-state index contributed by atoms with van der Waals surface area (Å²) in [5, 5.41) is 7.11. The summed E-state index contributed by atoms with van der Waals surface area (Å²) in [5.41, 5.74) is 1.38. The van der Waals surface area contributed by atoms with Gasteiger partial charge in [0.1, 0.15) is 23.0 Å². The molecule has 1 atom stereocenters. The topological polar surface area (TPSA) is 76.8 Å². The van der Waals surface area contributed by atoms with Crippen LogP contribution in [-0.4, -0.2) is 36.9 Å². The Bertz CT molecular complexity index is 772. The van der Waals surface area contributed by atoms with Gasteiger partial charge in [0.05, 0.1) is 25.9 Å². The number of anilines is 1. The molecule has 1 saturated heterocycles. The van der Waals surface area contributed by atoms with E-state index < -0.39 is 0 Å². The number of ether oxygens (including phenoxy) is 2. The molecule has 0 spiro atoms. The lowest BCUT2D eigenvalue weighted by molar-refractivity contribution is 0.204. The molecule has 7 heteroatoms. The highest BCUT2D eigenvalue weighted by atomic mass is 16.5. The summed E-state index contributed by atoms with van der Waals surface area (Å²) >= 11 is 0. The first-order valence-corrected chi connectivity index (χ1v) is 8.79. The quantitative estimate of drug-likeness (QED) is 0.866. The Labute approximate surface area is 153 Å². The lowest BCUT2D eigenvalue weighted by Gasteiger charge is -2.24. The van der Waals surface area contributed by atoms with E-state index in [-0.39, 0.29) is 18.0 Å². The third-order valence-electron chi connectivity index (χ3n) is 4.62. The Kier molecular flexibility index (Phi) is 5.35. The summed E-state index contributed by atoms with van der Waals surface area (Å²) in [7, 11) is 3.15. The van der Waals surface area contributed by atoms with Crippen LogP contribution < -0.4 is 14.8 Å². The molecule has 2 aromatic rings. The molecule has 1 aliphatic rings. The summed E-state index contributed by atoms with van der Waals surface area (Å²) in [6.07, 6.45) is 1.80. The van der Waals surface area contributed by atoms with E-state index in [2.05, 4.69) is 24.3 Å². The van der Waals surface area contributed by atoms with Gasteiger partial charge in [0.15, 0.2) is 0 Å². The molecule has 1 fully saturated rings. The van der Waals surface area contributed by atoms with Crippen LogP contribution >= 0.6 is 0 Å². The predicted octanol–water partition coefficient (Wildman–Crippen LogP) is 4.18. The molecular weight excluding hydrogens is 334 g/mol. The van der Waals surface area contributed by atoms with Crippen molar-refractivity contribution in [3.63, 3.8) is 0 Å². The molecule has 2 amide bonds. The molecule has 0 saturated carbocycles. The van der Waals surface area contributed by atoms with Crippen LogP contribution in [0.5, 0.6) is 11.5 Å². The molecule has 1 N–H and O–H groups in total. The summed E-state index contributed by atoms with van der Waals surface area (Å²) in [6.45, 7) is 4.78. The van der Waals surface area contributed by atoms with Crippen LogP contribution in [0.4, 0.5) is 10.5 Å². The lowest BCUT2D eigenvalue weighted by Crippen LogP contribution is -2.34. The summed E-state index contributed by atoms with van der Waals surface area (Å²) in [4.78, 5) is 14.7. The zero-order valence-corrected chi connectivity index (χ0v) is 15.6. The van der Waals surface area contributed by atoms with Gasteiger partial charge in [-0.05, 0) is 25.0 Å². The normalized spacial score (nSPS) is 16.8. The Hall–Kier alpha value is -2.70. The maximum absolute atomic E-state index is 12.9. The average molecular weight is 359 g/mol. The maximum Gasteiger partial charge on any atom is 0.322 e. The van der Waals surface area contributed by atoms with Crippen molar-refractivity contribution in [3.05, 3.63) is 35.7 Å². The number of hydrogen-bond donors (Lipinski definition) is 1. The molecule has 2 heterocycles. The predicted molar refractivity (Wildman–Crippen MR) is 97.8 cm³/mol. The highest BCUT2D eigenvalue weighted by Gasteiger charge is 2.33. The number of carbonyl (C=O) groups is 1. The molecule has 0 aliphatic carbocycles. The molecule has 1 aromatic heterocycles. The number of nitrogens with zero attached hydrogens (tertiary/aromatic N) is 2. The van der Waals surface area contributed by atoms with Crippen LogP contribution in [0, 0.1) is 0 Å². The largest absolute Gasteiger partial charge is 0.497 e. The van der Waals surface area contributed by atoms with Gasteiger partial charge in [-0.2, -0.15) is 0 Å². The number of carbonyl (C=O) groups excluding carboxylic acids is 1. The van der Waals surface area contributed by atoms with E-state index in [9.17, 15) is 4.79 Å². The zero-order chi connectivity index (χ0) is 18.7. The SMILES string of the molecule is COc1ccc(OC)c(NC(=O)N2CCCC2c2cc(C(C)C)on2)c1. The highest BCUT2D eigenvalue weighted by molar-refractivity contribution is 5.91. The summed E-state index contributed by atoms with van der Waals surface area (Å²) in [6, 6.07) is 6.98. The van der Waals surface area contributed by atoms with Crippen molar-refractivity contribution in [2.45, 2.75) is 38.6 Å². The van der Waals surface area contributed by atoms with Crippen molar-refractivity contribution in [2.75, 3.05) is 26.1 Å². The number of aromatic nitrogens is 1. The minimum absolute atomic E-state index is 0.0807. The molecule has 140 valence electrons. The van der Waals surface area contributed by atoms with E-state index in [1.54, 1.807) is 37.3 Å². The second-order valence-electron chi connectivity index (χ2n) is 6.66. The molecule has 1 unspecified atom stereocenters. The average Bonchev–Trinajstić information content (AvgIpc) is 3.30. The van der Waals surface area contributed by atoms with Gasteiger partial charge < -0.3 is 24.2 Å². The number of methoxy groups -OCH3 is 2. The van der Waals surface area contributed by atoms with E-state index >= 15 is 0 Å². The van der Waals surface area contributed by atoms with Crippen molar-refractivity contribution in [1.82, 2.24) is 10.1 Å². The van der Waals surface area contributed by atoms with Gasteiger partial charge in [0, 0.05) is 24.6 Å². The Morgan fingerprint density at radius 3 is 2.77 bits per heavy atom. The van der Waals surface area contributed by atoms with Gasteiger partial charge in [0.2, 0.25) is 0 Å². The van der Waals surface area contributed by atoms with Crippen molar-refractivity contribution < 1.29 is 18.8 Å². The molecule has 7 nitrogen and oxygen atoms in total. The van der Waals surface area contributed by atoms with Crippen LogP contribution in [-0.2, 0) is 0 Å². The fraction of sp³-hybridized carbons (Fsp3) is 0.474. The van der Waals surface area contributed by atoms with Crippen LogP contribution in [0.25, 0.3) is 0 Å². The molecule has 3 rings (SSSR count). The fourth-order valence-corrected chi connectivity index (χ4v) is 3.15. The molecule has 0 bridgehead atoms. The molecule has 1 aromatic carbocycles. The van der Waals surface area contributed by atoms with E-state index in [0.717, 1.165) is 24.3 Å². The van der Waals surface area contributed by atoms with E-state index in [1.807, 2.05) is 6.07 Å². The smallest absolute Gasteiger partial charge is 0.322 e. The Balaban J connectivity index is 1.78. The molecule has 0 radical (unpaired) electrons. The van der Waals surface area contributed by atoms with Gasteiger partial charge in [-0.25, -0.2) is 4.79 Å². The molecule has 26 heavy (non-hydrogen) atoms. The van der Waals surface area contributed by atoms with E-state index in [1.165, 1.54) is 0 Å². The fourth-order valence-electron chi connectivity index (χ4n) is 3.15. The third-order valence-corrected chi connectivity index (χ3v) is 4.62. The van der Waals surface area contributed by atoms with Crippen molar-refractivity contribution in [3.8, 4) is 11.5 Å². The zero-order valence-electron chi connectivity index (χ0n) is 15.6. The number of benzene rings is 1. The van der Waals surface area contributed by atoms with Gasteiger partial charge in [-0.3, -0.25) is 0 Å². The first kappa shape index (κ1) is 18.1. The van der Waals surface area contributed by atoms with Crippen LogP contribution in [0.2, 0.25) is 0 Å². The first-order chi connectivity index (χ1) is 12.5. The summed E-state index contributed by atoms with van der Waals surface area (Å²) < 4.78 is 16.0. The van der Waals surface area contributed by atoms with Crippen molar-refractivity contribution >= 4 is 11.7 Å².